The minimum atomic E-state index is -1.00. The van der Waals surface area contributed by atoms with Gasteiger partial charge in [0.1, 0.15) is 30.6 Å². The summed E-state index contributed by atoms with van der Waals surface area (Å²) in [7, 11) is 0. The van der Waals surface area contributed by atoms with Crippen molar-refractivity contribution in [1.82, 2.24) is 0 Å². The van der Waals surface area contributed by atoms with Gasteiger partial charge in [0, 0.05) is 11.3 Å². The SMILES string of the molecule is O=C(O)COC/C=C/CC1C(COCCOc2ccc(F)cc2)C2CC1(c1ccc(F)cc1)CO2. The van der Waals surface area contributed by atoms with Crippen LogP contribution in [0.1, 0.15) is 18.4 Å². The number of fused-ring (bicyclic) bond motifs is 2. The van der Waals surface area contributed by atoms with Crippen LogP contribution in [0.15, 0.2) is 60.7 Å². The summed E-state index contributed by atoms with van der Waals surface area (Å²) in [6.45, 7) is 1.69. The Hall–Kier alpha value is -2.81. The van der Waals surface area contributed by atoms with E-state index < -0.39 is 5.97 Å². The van der Waals surface area contributed by atoms with Gasteiger partial charge in [-0.2, -0.15) is 0 Å². The van der Waals surface area contributed by atoms with E-state index in [4.69, 9.17) is 24.1 Å². The minimum absolute atomic E-state index is 0.0414. The molecule has 0 spiro atoms. The molecule has 0 amide bonds. The van der Waals surface area contributed by atoms with Crippen LogP contribution < -0.4 is 4.74 Å². The lowest BCUT2D eigenvalue weighted by Gasteiger charge is -2.39. The molecule has 2 aromatic carbocycles. The predicted molar refractivity (Wildman–Crippen MR) is 124 cm³/mol. The summed E-state index contributed by atoms with van der Waals surface area (Å²) in [5.74, 6) is -0.647. The van der Waals surface area contributed by atoms with Crippen LogP contribution in [0.3, 0.4) is 0 Å². The van der Waals surface area contributed by atoms with Crippen LogP contribution in [0, 0.1) is 23.5 Å². The smallest absolute Gasteiger partial charge is 0.329 e. The van der Waals surface area contributed by atoms with E-state index in [1.807, 2.05) is 24.3 Å². The van der Waals surface area contributed by atoms with Crippen molar-refractivity contribution in [2.75, 3.05) is 39.6 Å². The Morgan fingerprint density at radius 3 is 2.46 bits per heavy atom. The van der Waals surface area contributed by atoms with Crippen LogP contribution in [0.5, 0.6) is 5.75 Å². The number of hydrogen-bond donors (Lipinski definition) is 1. The zero-order valence-electron chi connectivity index (χ0n) is 19.4. The first-order valence-electron chi connectivity index (χ1n) is 11.8. The van der Waals surface area contributed by atoms with Crippen molar-refractivity contribution < 1.29 is 37.6 Å². The van der Waals surface area contributed by atoms with E-state index in [0.717, 1.165) is 18.4 Å². The van der Waals surface area contributed by atoms with E-state index in [0.29, 0.717) is 32.2 Å². The molecular weight excluding hydrogens is 458 g/mol. The Labute approximate surface area is 203 Å². The second-order valence-electron chi connectivity index (χ2n) is 8.98. The van der Waals surface area contributed by atoms with Gasteiger partial charge in [-0.3, -0.25) is 0 Å². The van der Waals surface area contributed by atoms with Crippen LogP contribution in [-0.2, 0) is 24.4 Å². The van der Waals surface area contributed by atoms with Gasteiger partial charge in [0.2, 0.25) is 0 Å². The van der Waals surface area contributed by atoms with Crippen molar-refractivity contribution in [1.29, 1.82) is 0 Å². The fourth-order valence-electron chi connectivity index (χ4n) is 5.25. The molecule has 1 aliphatic heterocycles. The fourth-order valence-corrected chi connectivity index (χ4v) is 5.25. The van der Waals surface area contributed by atoms with Gasteiger partial charge in [0.25, 0.3) is 0 Å². The number of carboxylic acids is 1. The third-order valence-corrected chi connectivity index (χ3v) is 6.86. The molecule has 0 radical (unpaired) electrons. The van der Waals surface area contributed by atoms with Crippen LogP contribution in [0.25, 0.3) is 0 Å². The number of benzene rings is 2. The van der Waals surface area contributed by atoms with Crippen molar-refractivity contribution in [2.45, 2.75) is 24.4 Å². The van der Waals surface area contributed by atoms with Gasteiger partial charge in [0.15, 0.2) is 0 Å². The van der Waals surface area contributed by atoms with E-state index >= 15 is 0 Å². The third kappa shape index (κ3) is 6.25. The van der Waals surface area contributed by atoms with E-state index in [-0.39, 0.29) is 48.2 Å². The Bertz CT molecular complexity index is 994. The number of hydrogen-bond acceptors (Lipinski definition) is 5. The maximum atomic E-state index is 13.6. The predicted octanol–water partition coefficient (Wildman–Crippen LogP) is 4.38. The van der Waals surface area contributed by atoms with Crippen molar-refractivity contribution in [3.8, 4) is 5.75 Å². The highest BCUT2D eigenvalue weighted by Crippen LogP contribution is 2.56. The largest absolute Gasteiger partial charge is 0.491 e. The third-order valence-electron chi connectivity index (χ3n) is 6.86. The first kappa shape index (κ1) is 25.3. The molecule has 4 atom stereocenters. The van der Waals surface area contributed by atoms with Crippen molar-refractivity contribution in [2.24, 2.45) is 11.8 Å². The van der Waals surface area contributed by atoms with E-state index in [1.165, 1.54) is 24.3 Å². The van der Waals surface area contributed by atoms with Gasteiger partial charge in [0.05, 0.1) is 32.5 Å². The van der Waals surface area contributed by atoms with Gasteiger partial charge in [-0.05, 0) is 60.7 Å². The molecule has 6 nitrogen and oxygen atoms in total. The van der Waals surface area contributed by atoms with Crippen LogP contribution in [0.4, 0.5) is 8.78 Å². The van der Waals surface area contributed by atoms with E-state index in [1.54, 1.807) is 12.1 Å². The zero-order chi connectivity index (χ0) is 24.7. The topological polar surface area (TPSA) is 74.2 Å². The lowest BCUT2D eigenvalue weighted by Crippen LogP contribution is -2.41. The van der Waals surface area contributed by atoms with Crippen LogP contribution in [0.2, 0.25) is 0 Å². The molecule has 35 heavy (non-hydrogen) atoms. The minimum Gasteiger partial charge on any atom is -0.491 e. The number of carbonyl (C=O) groups is 1. The lowest BCUT2D eigenvalue weighted by molar-refractivity contribution is -0.141. The molecule has 8 heteroatoms. The Kier molecular flexibility index (Phi) is 8.49. The normalized spacial score (nSPS) is 25.4. The molecule has 4 unspecified atom stereocenters. The second kappa shape index (κ2) is 11.7. The summed E-state index contributed by atoms with van der Waals surface area (Å²) < 4.78 is 49.4. The Morgan fingerprint density at radius 2 is 1.74 bits per heavy atom. The highest BCUT2D eigenvalue weighted by molar-refractivity contribution is 5.68. The Balaban J connectivity index is 1.37. The van der Waals surface area contributed by atoms with Crippen LogP contribution >= 0.6 is 0 Å². The standard InChI is InChI=1S/C27H30F2O6/c28-20-6-4-19(5-7-20)27-15-25(35-18-27)23(24(27)3-1-2-12-32-17-26(30)31)16-33-13-14-34-22-10-8-21(29)9-11-22/h1-2,4-11,23-25H,3,12-18H2,(H,30,31)/b2-1+. The summed E-state index contributed by atoms with van der Waals surface area (Å²) in [5, 5.41) is 8.70. The number of aliphatic carboxylic acids is 1. The highest BCUT2D eigenvalue weighted by Gasteiger charge is 2.59. The van der Waals surface area contributed by atoms with Crippen molar-refractivity contribution in [3.05, 3.63) is 77.9 Å². The monoisotopic (exact) mass is 488 g/mol. The first-order valence-corrected chi connectivity index (χ1v) is 11.8. The molecule has 1 heterocycles. The first-order chi connectivity index (χ1) is 17.0. The van der Waals surface area contributed by atoms with E-state index in [9.17, 15) is 13.6 Å². The van der Waals surface area contributed by atoms with Gasteiger partial charge in [-0.25, -0.2) is 13.6 Å². The number of carboxylic acid groups (broad SMARTS) is 1. The number of allylic oxidation sites excluding steroid dienone is 1. The molecule has 1 saturated heterocycles. The molecule has 4 rings (SSSR count). The summed E-state index contributed by atoms with van der Waals surface area (Å²) >= 11 is 0. The van der Waals surface area contributed by atoms with Crippen molar-refractivity contribution >= 4 is 5.97 Å². The second-order valence-corrected chi connectivity index (χ2v) is 8.98. The summed E-state index contributed by atoms with van der Waals surface area (Å²) in [5.41, 5.74) is 0.826. The molecule has 2 bridgehead atoms. The van der Waals surface area contributed by atoms with Gasteiger partial charge in [-0.1, -0.05) is 24.3 Å². The molecule has 188 valence electrons. The summed E-state index contributed by atoms with van der Waals surface area (Å²) in [6.07, 6.45) is 5.48. The summed E-state index contributed by atoms with van der Waals surface area (Å²) in [4.78, 5) is 10.6. The zero-order valence-corrected chi connectivity index (χ0v) is 19.4. The fraction of sp³-hybridized carbons (Fsp3) is 0.444. The number of ether oxygens (including phenoxy) is 4. The number of rotatable bonds is 13. The molecule has 2 aromatic rings. The van der Waals surface area contributed by atoms with Crippen molar-refractivity contribution in [3.63, 3.8) is 0 Å². The lowest BCUT2D eigenvalue weighted by atomic mass is 9.69. The van der Waals surface area contributed by atoms with Gasteiger partial charge >= 0.3 is 5.97 Å². The average molecular weight is 489 g/mol. The van der Waals surface area contributed by atoms with Gasteiger partial charge < -0.3 is 24.1 Å². The summed E-state index contributed by atoms with van der Waals surface area (Å²) in [6, 6.07) is 12.5. The highest BCUT2D eigenvalue weighted by atomic mass is 19.1. The molecule has 0 aromatic heterocycles. The molecule has 2 aliphatic rings. The maximum absolute atomic E-state index is 13.6. The molecule has 1 aliphatic carbocycles. The molecular formula is C27H30F2O6. The average Bonchev–Trinajstić information content (AvgIpc) is 3.41. The quantitative estimate of drug-likeness (QED) is 0.333. The molecule has 2 fully saturated rings. The number of halogens is 2. The Morgan fingerprint density at radius 1 is 1.03 bits per heavy atom. The van der Waals surface area contributed by atoms with Gasteiger partial charge in [-0.15, -0.1) is 0 Å². The molecule has 1 N–H and O–H groups in total. The molecule has 1 saturated carbocycles. The maximum Gasteiger partial charge on any atom is 0.329 e. The van der Waals surface area contributed by atoms with Crippen LogP contribution in [-0.4, -0.2) is 56.8 Å². The van der Waals surface area contributed by atoms with E-state index in [2.05, 4.69) is 0 Å².